The van der Waals surface area contributed by atoms with Gasteiger partial charge in [0.15, 0.2) is 5.82 Å². The van der Waals surface area contributed by atoms with Gasteiger partial charge in [0.2, 0.25) is 0 Å². The smallest absolute Gasteiger partial charge is 0.253 e. The van der Waals surface area contributed by atoms with Crippen LogP contribution in [0, 0.1) is 5.92 Å². The summed E-state index contributed by atoms with van der Waals surface area (Å²) in [6.07, 6.45) is 7.81. The van der Waals surface area contributed by atoms with Crippen LogP contribution in [0.1, 0.15) is 35.1 Å². The first-order valence-electron chi connectivity index (χ1n) is 9.45. The van der Waals surface area contributed by atoms with Crippen LogP contribution in [0.4, 0.5) is 0 Å². The fraction of sp³-hybridized carbons (Fsp3) is 0.333. The van der Waals surface area contributed by atoms with E-state index in [1.807, 2.05) is 47.0 Å². The molecule has 0 spiro atoms. The molecule has 7 heteroatoms. The van der Waals surface area contributed by atoms with Crippen LogP contribution in [-0.4, -0.2) is 48.5 Å². The maximum Gasteiger partial charge on any atom is 0.253 e. The quantitative estimate of drug-likeness (QED) is 0.755. The minimum Gasteiger partial charge on any atom is -0.385 e. The molecule has 1 unspecified atom stereocenters. The molecule has 3 heterocycles. The number of aryl methyl sites for hydroxylation is 1. The van der Waals surface area contributed by atoms with Gasteiger partial charge in [-0.2, -0.15) is 0 Å². The van der Waals surface area contributed by atoms with Gasteiger partial charge < -0.3 is 14.6 Å². The number of carbonyl (C=O) groups is 1. The number of imidazole rings is 1. The van der Waals surface area contributed by atoms with E-state index >= 15 is 0 Å². The molecule has 1 aliphatic heterocycles. The zero-order valence-corrected chi connectivity index (χ0v) is 15.8. The Bertz CT molecular complexity index is 948. The van der Waals surface area contributed by atoms with Crippen molar-refractivity contribution in [2.45, 2.75) is 18.9 Å². The second-order valence-electron chi connectivity index (χ2n) is 7.12. The normalized spacial score (nSPS) is 16.1. The molecule has 4 rings (SSSR count). The number of piperidine rings is 1. The molecule has 0 radical (unpaired) electrons. The van der Waals surface area contributed by atoms with E-state index in [0.29, 0.717) is 30.3 Å². The molecule has 144 valence electrons. The number of amides is 1. The maximum absolute atomic E-state index is 12.9. The predicted molar refractivity (Wildman–Crippen MR) is 104 cm³/mol. The van der Waals surface area contributed by atoms with E-state index in [0.717, 1.165) is 18.4 Å². The van der Waals surface area contributed by atoms with Crippen molar-refractivity contribution in [1.82, 2.24) is 24.4 Å². The Morgan fingerprint density at radius 3 is 2.54 bits per heavy atom. The first-order chi connectivity index (χ1) is 13.6. The summed E-state index contributed by atoms with van der Waals surface area (Å²) in [5, 5.41) is 10.6. The molecule has 7 nitrogen and oxygen atoms in total. The van der Waals surface area contributed by atoms with Crippen molar-refractivity contribution in [3.63, 3.8) is 0 Å². The van der Waals surface area contributed by atoms with Crippen molar-refractivity contribution in [2.75, 3.05) is 13.1 Å². The Morgan fingerprint density at radius 2 is 1.86 bits per heavy atom. The Labute approximate surface area is 163 Å². The van der Waals surface area contributed by atoms with E-state index in [1.165, 1.54) is 0 Å². The standard InChI is InChI=1S/C21H23N5O2/c1-25-13-10-24-20(25)18(27)15-6-11-26(12-7-15)21(28)17-5-2-4-16(14-17)19-22-8-3-9-23-19/h2-5,8-10,13-15,18,27H,6-7,11-12H2,1H3. The van der Waals surface area contributed by atoms with E-state index in [-0.39, 0.29) is 11.8 Å². The fourth-order valence-electron chi connectivity index (χ4n) is 3.71. The molecule has 1 N–H and O–H groups in total. The number of benzene rings is 1. The third-order valence-corrected chi connectivity index (χ3v) is 5.33. The van der Waals surface area contributed by atoms with Gasteiger partial charge in [-0.1, -0.05) is 12.1 Å². The Kier molecular flexibility index (Phi) is 5.16. The van der Waals surface area contributed by atoms with Crippen LogP contribution in [-0.2, 0) is 7.05 Å². The van der Waals surface area contributed by atoms with Gasteiger partial charge in [0.25, 0.3) is 5.91 Å². The number of aliphatic hydroxyl groups excluding tert-OH is 1. The average Bonchev–Trinajstić information content (AvgIpc) is 3.19. The number of rotatable bonds is 4. The summed E-state index contributed by atoms with van der Waals surface area (Å²) in [4.78, 5) is 27.6. The highest BCUT2D eigenvalue weighted by atomic mass is 16.3. The Balaban J connectivity index is 1.42. The molecule has 2 aromatic heterocycles. The molecule has 0 saturated carbocycles. The summed E-state index contributed by atoms with van der Waals surface area (Å²) in [7, 11) is 1.88. The van der Waals surface area contributed by atoms with Crippen LogP contribution in [0.25, 0.3) is 11.4 Å². The first-order valence-corrected chi connectivity index (χ1v) is 9.45. The fourth-order valence-corrected chi connectivity index (χ4v) is 3.71. The molecule has 0 bridgehead atoms. The second-order valence-corrected chi connectivity index (χ2v) is 7.12. The van der Waals surface area contributed by atoms with Crippen molar-refractivity contribution in [3.05, 3.63) is 66.5 Å². The van der Waals surface area contributed by atoms with Gasteiger partial charge in [0.05, 0.1) is 0 Å². The minimum absolute atomic E-state index is 0.00251. The van der Waals surface area contributed by atoms with Crippen molar-refractivity contribution in [2.24, 2.45) is 13.0 Å². The number of carbonyl (C=O) groups excluding carboxylic acids is 1. The molecule has 1 amide bonds. The van der Waals surface area contributed by atoms with Crippen LogP contribution < -0.4 is 0 Å². The summed E-state index contributed by atoms with van der Waals surface area (Å²) >= 11 is 0. The molecule has 1 aromatic carbocycles. The highest BCUT2D eigenvalue weighted by Crippen LogP contribution is 2.30. The summed E-state index contributed by atoms with van der Waals surface area (Å²) in [6, 6.07) is 9.19. The Morgan fingerprint density at radius 1 is 1.11 bits per heavy atom. The highest BCUT2D eigenvalue weighted by Gasteiger charge is 2.30. The summed E-state index contributed by atoms with van der Waals surface area (Å²) in [5.74, 6) is 1.39. The van der Waals surface area contributed by atoms with Crippen molar-refractivity contribution >= 4 is 5.91 Å². The zero-order chi connectivity index (χ0) is 19.5. The number of nitrogens with zero attached hydrogens (tertiary/aromatic N) is 5. The molecule has 1 saturated heterocycles. The van der Waals surface area contributed by atoms with E-state index < -0.39 is 6.10 Å². The monoisotopic (exact) mass is 377 g/mol. The van der Waals surface area contributed by atoms with E-state index in [9.17, 15) is 9.90 Å². The maximum atomic E-state index is 12.9. The van der Waals surface area contributed by atoms with Crippen LogP contribution in [0.3, 0.4) is 0 Å². The SMILES string of the molecule is Cn1ccnc1C(O)C1CCN(C(=O)c2cccc(-c3ncccn3)c2)CC1. The largest absolute Gasteiger partial charge is 0.385 e. The van der Waals surface area contributed by atoms with Crippen molar-refractivity contribution in [3.8, 4) is 11.4 Å². The van der Waals surface area contributed by atoms with Gasteiger partial charge >= 0.3 is 0 Å². The predicted octanol–water partition coefficient (Wildman–Crippen LogP) is 2.46. The molecule has 0 aliphatic carbocycles. The van der Waals surface area contributed by atoms with Gasteiger partial charge in [-0.25, -0.2) is 15.0 Å². The Hall–Kier alpha value is -3.06. The number of hydrogen-bond acceptors (Lipinski definition) is 5. The topological polar surface area (TPSA) is 84.1 Å². The van der Waals surface area contributed by atoms with E-state index in [2.05, 4.69) is 15.0 Å². The number of aliphatic hydroxyl groups is 1. The third kappa shape index (κ3) is 3.66. The van der Waals surface area contributed by atoms with E-state index in [4.69, 9.17) is 0 Å². The summed E-state index contributed by atoms with van der Waals surface area (Å²) in [6.45, 7) is 1.24. The lowest BCUT2D eigenvalue weighted by molar-refractivity contribution is 0.0420. The lowest BCUT2D eigenvalue weighted by atomic mass is 9.90. The lowest BCUT2D eigenvalue weighted by Gasteiger charge is -2.34. The van der Waals surface area contributed by atoms with Gasteiger partial charge in [-0.15, -0.1) is 0 Å². The van der Waals surface area contributed by atoms with Crippen molar-refractivity contribution < 1.29 is 9.90 Å². The molecular formula is C21H23N5O2. The molecule has 3 aromatic rings. The third-order valence-electron chi connectivity index (χ3n) is 5.33. The van der Waals surface area contributed by atoms with Gasteiger partial charge in [-0.05, 0) is 37.0 Å². The van der Waals surface area contributed by atoms with Gasteiger partial charge in [-0.3, -0.25) is 4.79 Å². The summed E-state index contributed by atoms with van der Waals surface area (Å²) in [5.41, 5.74) is 1.46. The van der Waals surface area contributed by atoms with E-state index in [1.54, 1.807) is 24.7 Å². The molecular weight excluding hydrogens is 354 g/mol. The number of likely N-dealkylation sites (tertiary alicyclic amines) is 1. The lowest BCUT2D eigenvalue weighted by Crippen LogP contribution is -2.40. The molecule has 28 heavy (non-hydrogen) atoms. The highest BCUT2D eigenvalue weighted by molar-refractivity contribution is 5.95. The molecule has 1 fully saturated rings. The average molecular weight is 377 g/mol. The van der Waals surface area contributed by atoms with Gasteiger partial charge in [0.1, 0.15) is 11.9 Å². The summed E-state index contributed by atoms with van der Waals surface area (Å²) < 4.78 is 1.85. The molecule has 1 aliphatic rings. The molecule has 1 atom stereocenters. The van der Waals surface area contributed by atoms with Crippen molar-refractivity contribution in [1.29, 1.82) is 0 Å². The second kappa shape index (κ2) is 7.90. The first kappa shape index (κ1) is 18.3. The van der Waals surface area contributed by atoms with Gasteiger partial charge in [0, 0.05) is 56.1 Å². The van der Waals surface area contributed by atoms with Crippen LogP contribution in [0.5, 0.6) is 0 Å². The minimum atomic E-state index is -0.601. The number of aromatic nitrogens is 4. The zero-order valence-electron chi connectivity index (χ0n) is 15.8. The van der Waals surface area contributed by atoms with Crippen LogP contribution in [0.15, 0.2) is 55.1 Å². The van der Waals surface area contributed by atoms with Crippen LogP contribution >= 0.6 is 0 Å². The van der Waals surface area contributed by atoms with Crippen LogP contribution in [0.2, 0.25) is 0 Å². The number of hydrogen-bond donors (Lipinski definition) is 1.